The lowest BCUT2D eigenvalue weighted by Gasteiger charge is -2.00. The molecule has 2 rings (SSSR count). The van der Waals surface area contributed by atoms with Gasteiger partial charge in [0.1, 0.15) is 11.8 Å². The van der Waals surface area contributed by atoms with Crippen molar-refractivity contribution in [1.29, 1.82) is 5.26 Å². The summed E-state index contributed by atoms with van der Waals surface area (Å²) in [7, 11) is 0. The highest BCUT2D eigenvalue weighted by molar-refractivity contribution is 7.17. The fraction of sp³-hybridized carbons (Fsp3) is 0.100. The molecule has 2 nitrogen and oxygen atoms in total. The summed E-state index contributed by atoms with van der Waals surface area (Å²) in [4.78, 5) is 0. The maximum absolute atomic E-state index is 9.60. The lowest BCUT2D eigenvalue weighted by molar-refractivity contribution is 0.481. The van der Waals surface area contributed by atoms with Crippen LogP contribution >= 0.6 is 22.9 Å². The van der Waals surface area contributed by atoms with Crippen LogP contribution in [-0.2, 0) is 5.88 Å². The van der Waals surface area contributed by atoms with Crippen LogP contribution in [0.25, 0.3) is 10.1 Å². The lowest BCUT2D eigenvalue weighted by atomic mass is 10.1. The third-order valence-corrected chi connectivity index (χ3v) is 3.39. The average molecular weight is 224 g/mol. The van der Waals surface area contributed by atoms with Crippen molar-refractivity contribution in [2.24, 2.45) is 0 Å². The Bertz CT molecular complexity index is 527. The van der Waals surface area contributed by atoms with Gasteiger partial charge in [-0.25, -0.2) is 0 Å². The largest absolute Gasteiger partial charge is 0.507 e. The van der Waals surface area contributed by atoms with E-state index in [1.807, 2.05) is 6.07 Å². The molecule has 1 heterocycles. The number of hydrogen-bond donors (Lipinski definition) is 1. The Balaban J connectivity index is 2.89. The highest BCUT2D eigenvalue weighted by atomic mass is 35.5. The van der Waals surface area contributed by atoms with Crippen LogP contribution in [0.2, 0.25) is 0 Å². The highest BCUT2D eigenvalue weighted by Gasteiger charge is 2.11. The second kappa shape index (κ2) is 3.49. The molecule has 0 spiro atoms. The van der Waals surface area contributed by atoms with E-state index in [1.165, 1.54) is 11.3 Å². The van der Waals surface area contributed by atoms with E-state index in [2.05, 4.69) is 0 Å². The van der Waals surface area contributed by atoms with Gasteiger partial charge in [0.15, 0.2) is 0 Å². The van der Waals surface area contributed by atoms with Gasteiger partial charge in [0.2, 0.25) is 0 Å². The first-order chi connectivity index (χ1) is 6.77. The van der Waals surface area contributed by atoms with Gasteiger partial charge in [-0.2, -0.15) is 5.26 Å². The Kier molecular flexibility index (Phi) is 2.32. The number of benzene rings is 1. The maximum atomic E-state index is 9.60. The topological polar surface area (TPSA) is 44.0 Å². The second-order valence-corrected chi connectivity index (χ2v) is 3.99. The Morgan fingerprint density at radius 1 is 1.50 bits per heavy atom. The Morgan fingerprint density at radius 2 is 2.29 bits per heavy atom. The van der Waals surface area contributed by atoms with E-state index in [9.17, 15) is 5.11 Å². The summed E-state index contributed by atoms with van der Waals surface area (Å²) in [6.45, 7) is 0. The van der Waals surface area contributed by atoms with Gasteiger partial charge in [-0.15, -0.1) is 22.9 Å². The molecule has 0 aliphatic carbocycles. The third-order valence-electron chi connectivity index (χ3n) is 2.05. The molecule has 1 aromatic carbocycles. The monoisotopic (exact) mass is 223 g/mol. The summed E-state index contributed by atoms with van der Waals surface area (Å²) < 4.78 is 0.900. The van der Waals surface area contributed by atoms with E-state index in [1.54, 1.807) is 17.5 Å². The lowest BCUT2D eigenvalue weighted by Crippen LogP contribution is -1.79. The molecule has 0 saturated heterocycles. The standard InChI is InChI=1S/C10H6ClNOS/c11-3-6-1-2-8(13)9-7(4-12)5-14-10(6)9/h1-2,5,13H,3H2. The van der Waals surface area contributed by atoms with Crippen molar-refractivity contribution in [3.05, 3.63) is 28.6 Å². The summed E-state index contributed by atoms with van der Waals surface area (Å²) in [5, 5.41) is 20.8. The number of rotatable bonds is 1. The highest BCUT2D eigenvalue weighted by Crippen LogP contribution is 2.35. The molecule has 0 bridgehead atoms. The molecule has 2 aromatic rings. The Labute approximate surface area is 90.0 Å². The van der Waals surface area contributed by atoms with E-state index in [0.717, 1.165) is 10.3 Å². The van der Waals surface area contributed by atoms with Crippen LogP contribution < -0.4 is 0 Å². The van der Waals surface area contributed by atoms with Gasteiger partial charge in [0.25, 0.3) is 0 Å². The third kappa shape index (κ3) is 1.24. The molecular formula is C10H6ClNOS. The number of halogens is 1. The Morgan fingerprint density at radius 3 is 2.93 bits per heavy atom. The first kappa shape index (κ1) is 9.32. The van der Waals surface area contributed by atoms with Gasteiger partial charge in [0, 0.05) is 16.0 Å². The molecule has 0 saturated carbocycles. The molecule has 0 aliphatic heterocycles. The first-order valence-electron chi connectivity index (χ1n) is 3.96. The van der Waals surface area contributed by atoms with Crippen LogP contribution in [0, 0.1) is 11.3 Å². The van der Waals surface area contributed by atoms with Crippen molar-refractivity contribution in [2.75, 3.05) is 0 Å². The van der Waals surface area contributed by atoms with Crippen molar-refractivity contribution in [3.63, 3.8) is 0 Å². The van der Waals surface area contributed by atoms with Crippen LogP contribution in [0.1, 0.15) is 11.1 Å². The van der Waals surface area contributed by atoms with E-state index in [-0.39, 0.29) is 5.75 Å². The number of phenols is 1. The zero-order valence-corrected chi connectivity index (χ0v) is 8.69. The molecule has 0 amide bonds. The fourth-order valence-electron chi connectivity index (χ4n) is 1.37. The summed E-state index contributed by atoms with van der Waals surface area (Å²) in [6, 6.07) is 5.41. The number of aromatic hydroxyl groups is 1. The summed E-state index contributed by atoms with van der Waals surface area (Å²) in [6.07, 6.45) is 0. The van der Waals surface area contributed by atoms with E-state index < -0.39 is 0 Å². The Hall–Kier alpha value is -1.24. The minimum atomic E-state index is 0.145. The summed E-state index contributed by atoms with van der Waals surface area (Å²) in [5.41, 5.74) is 1.46. The second-order valence-electron chi connectivity index (χ2n) is 2.84. The van der Waals surface area contributed by atoms with Crippen molar-refractivity contribution in [2.45, 2.75) is 5.88 Å². The van der Waals surface area contributed by atoms with Gasteiger partial charge < -0.3 is 5.11 Å². The first-order valence-corrected chi connectivity index (χ1v) is 5.37. The van der Waals surface area contributed by atoms with Crippen molar-refractivity contribution in [1.82, 2.24) is 0 Å². The number of nitrogens with zero attached hydrogens (tertiary/aromatic N) is 1. The SMILES string of the molecule is N#Cc1csc2c(CCl)ccc(O)c12. The summed E-state index contributed by atoms with van der Waals surface area (Å²) in [5.74, 6) is 0.536. The number of nitriles is 1. The van der Waals surface area contributed by atoms with Crippen LogP contribution in [-0.4, -0.2) is 5.11 Å². The smallest absolute Gasteiger partial charge is 0.125 e. The molecule has 0 aliphatic rings. The van der Waals surface area contributed by atoms with Crippen molar-refractivity contribution in [3.8, 4) is 11.8 Å². The molecule has 70 valence electrons. The van der Waals surface area contributed by atoms with Crippen LogP contribution in [0.3, 0.4) is 0 Å². The molecule has 0 radical (unpaired) electrons. The molecule has 1 N–H and O–H groups in total. The quantitative estimate of drug-likeness (QED) is 0.755. The summed E-state index contributed by atoms with van der Waals surface area (Å²) >= 11 is 7.19. The number of hydrogen-bond acceptors (Lipinski definition) is 3. The molecular weight excluding hydrogens is 218 g/mol. The number of phenolic OH excluding ortho intramolecular Hbond substituents is 1. The molecule has 1 aromatic heterocycles. The zero-order valence-electron chi connectivity index (χ0n) is 7.12. The molecule has 0 unspecified atom stereocenters. The minimum absolute atomic E-state index is 0.145. The zero-order chi connectivity index (χ0) is 10.1. The number of thiophene rings is 1. The van der Waals surface area contributed by atoms with E-state index in [4.69, 9.17) is 16.9 Å². The van der Waals surface area contributed by atoms with Gasteiger partial charge in [0.05, 0.1) is 10.9 Å². The molecule has 0 atom stereocenters. The van der Waals surface area contributed by atoms with Crippen LogP contribution in [0.4, 0.5) is 0 Å². The van der Waals surface area contributed by atoms with Crippen molar-refractivity contribution >= 4 is 33.0 Å². The van der Waals surface area contributed by atoms with Gasteiger partial charge in [-0.3, -0.25) is 0 Å². The predicted octanol–water partition coefficient (Wildman–Crippen LogP) is 3.22. The van der Waals surface area contributed by atoms with E-state index >= 15 is 0 Å². The van der Waals surface area contributed by atoms with Gasteiger partial charge in [-0.1, -0.05) is 6.07 Å². The average Bonchev–Trinajstić information content (AvgIpc) is 2.63. The van der Waals surface area contributed by atoms with Crippen LogP contribution in [0.15, 0.2) is 17.5 Å². The number of alkyl halides is 1. The molecule has 0 fully saturated rings. The number of fused-ring (bicyclic) bond motifs is 1. The van der Waals surface area contributed by atoms with E-state index in [0.29, 0.717) is 16.8 Å². The molecule has 4 heteroatoms. The van der Waals surface area contributed by atoms with Gasteiger partial charge >= 0.3 is 0 Å². The van der Waals surface area contributed by atoms with Gasteiger partial charge in [-0.05, 0) is 11.6 Å². The normalized spacial score (nSPS) is 10.3. The minimum Gasteiger partial charge on any atom is -0.507 e. The maximum Gasteiger partial charge on any atom is 0.125 e. The van der Waals surface area contributed by atoms with Crippen LogP contribution in [0.5, 0.6) is 5.75 Å². The molecule has 14 heavy (non-hydrogen) atoms. The fourth-order valence-corrected chi connectivity index (χ4v) is 2.71. The van der Waals surface area contributed by atoms with Crippen molar-refractivity contribution < 1.29 is 5.11 Å². The predicted molar refractivity (Wildman–Crippen MR) is 57.8 cm³/mol.